The summed E-state index contributed by atoms with van der Waals surface area (Å²) in [4.78, 5) is 10.8. The summed E-state index contributed by atoms with van der Waals surface area (Å²) in [6.45, 7) is -1.45. The van der Waals surface area contributed by atoms with Crippen molar-refractivity contribution < 1.29 is 20.1 Å². The number of nitrogens with zero attached hydrogens (tertiary/aromatic N) is 3. The zero-order valence-corrected chi connectivity index (χ0v) is 10.4. The van der Waals surface area contributed by atoms with Crippen LogP contribution in [-0.2, 0) is 16.8 Å². The number of amides is 1. The van der Waals surface area contributed by atoms with E-state index < -0.39 is 37.3 Å². The van der Waals surface area contributed by atoms with Gasteiger partial charge in [0.15, 0.2) is 0 Å². The third-order valence-electron chi connectivity index (χ3n) is 2.99. The number of hydrogen-bond donors (Lipinski definition) is 5. The molecular formula is C10H19N5O4. The summed E-state index contributed by atoms with van der Waals surface area (Å²) in [6, 6.07) is -0.761. The van der Waals surface area contributed by atoms with Crippen LogP contribution in [0.4, 0.5) is 0 Å². The van der Waals surface area contributed by atoms with E-state index in [9.17, 15) is 20.1 Å². The van der Waals surface area contributed by atoms with E-state index in [1.807, 2.05) is 0 Å². The zero-order chi connectivity index (χ0) is 14.5. The second kappa shape index (κ2) is 6.57. The van der Waals surface area contributed by atoms with Gasteiger partial charge in [0, 0.05) is 6.20 Å². The molecule has 0 aromatic carbocycles. The fraction of sp³-hybridized carbons (Fsp3) is 0.700. The fourth-order valence-corrected chi connectivity index (χ4v) is 1.46. The van der Waals surface area contributed by atoms with Gasteiger partial charge in [0.25, 0.3) is 0 Å². The molecule has 0 unspecified atom stereocenters. The summed E-state index contributed by atoms with van der Waals surface area (Å²) < 4.78 is 1.21. The molecule has 7 N–H and O–H groups in total. The summed E-state index contributed by atoms with van der Waals surface area (Å²) in [5, 5.41) is 35.3. The van der Waals surface area contributed by atoms with Crippen molar-refractivity contribution in [3.8, 4) is 0 Å². The first-order valence-corrected chi connectivity index (χ1v) is 5.78. The maximum Gasteiger partial charge on any atom is 0.234 e. The SMILES string of the molecule is NC(=O)[C@H](N)CCc1cn(C(CO)(CO)CO)nn1. The molecule has 0 aliphatic heterocycles. The molecule has 1 amide bonds. The summed E-state index contributed by atoms with van der Waals surface area (Å²) in [6.07, 6.45) is 2.18. The lowest BCUT2D eigenvalue weighted by atomic mass is 10.0. The first-order chi connectivity index (χ1) is 8.99. The minimum atomic E-state index is -1.29. The van der Waals surface area contributed by atoms with Crippen molar-refractivity contribution in [2.24, 2.45) is 11.5 Å². The fourth-order valence-electron chi connectivity index (χ4n) is 1.46. The Morgan fingerprint density at radius 1 is 1.37 bits per heavy atom. The Bertz CT molecular complexity index is 410. The van der Waals surface area contributed by atoms with Crippen LogP contribution >= 0.6 is 0 Å². The molecule has 1 heterocycles. The van der Waals surface area contributed by atoms with Gasteiger partial charge in [-0.15, -0.1) is 5.10 Å². The lowest BCUT2D eigenvalue weighted by Gasteiger charge is -2.26. The molecule has 0 saturated heterocycles. The van der Waals surface area contributed by atoms with Gasteiger partial charge in [-0.1, -0.05) is 5.21 Å². The number of hydrogen-bond acceptors (Lipinski definition) is 7. The van der Waals surface area contributed by atoms with E-state index in [0.29, 0.717) is 18.5 Å². The van der Waals surface area contributed by atoms with E-state index in [-0.39, 0.29) is 0 Å². The number of carbonyl (C=O) groups excluding carboxylic acids is 1. The number of aromatic nitrogens is 3. The summed E-state index contributed by atoms with van der Waals surface area (Å²) >= 11 is 0. The predicted octanol–water partition coefficient (Wildman–Crippen LogP) is -3.30. The van der Waals surface area contributed by atoms with Gasteiger partial charge < -0.3 is 26.8 Å². The van der Waals surface area contributed by atoms with Crippen LogP contribution in [0.25, 0.3) is 0 Å². The molecule has 9 nitrogen and oxygen atoms in total. The molecule has 0 spiro atoms. The Morgan fingerprint density at radius 2 is 1.95 bits per heavy atom. The number of carbonyl (C=O) groups is 1. The van der Waals surface area contributed by atoms with Crippen LogP contribution in [0.5, 0.6) is 0 Å². The number of aliphatic hydroxyl groups excluding tert-OH is 3. The Balaban J connectivity index is 2.74. The van der Waals surface area contributed by atoms with Gasteiger partial charge in [0.05, 0.1) is 31.6 Å². The molecule has 0 fully saturated rings. The van der Waals surface area contributed by atoms with Gasteiger partial charge in [-0.05, 0) is 12.8 Å². The predicted molar refractivity (Wildman–Crippen MR) is 64.7 cm³/mol. The van der Waals surface area contributed by atoms with Crippen molar-refractivity contribution in [2.75, 3.05) is 19.8 Å². The van der Waals surface area contributed by atoms with Crippen LogP contribution in [0.1, 0.15) is 12.1 Å². The lowest BCUT2D eigenvalue weighted by Crippen LogP contribution is -2.45. The molecule has 1 rings (SSSR count). The summed E-state index contributed by atoms with van der Waals surface area (Å²) in [5.74, 6) is -0.595. The number of aryl methyl sites for hydroxylation is 1. The first-order valence-electron chi connectivity index (χ1n) is 5.78. The number of primary amides is 1. The minimum Gasteiger partial charge on any atom is -0.394 e. The van der Waals surface area contributed by atoms with Crippen LogP contribution in [0, 0.1) is 0 Å². The lowest BCUT2D eigenvalue weighted by molar-refractivity contribution is -0.119. The molecule has 0 aliphatic rings. The molecule has 9 heteroatoms. The normalized spacial score (nSPS) is 13.5. The minimum absolute atomic E-state index is 0.318. The number of nitrogens with two attached hydrogens (primary N) is 2. The second-order valence-electron chi connectivity index (χ2n) is 4.40. The molecule has 1 aromatic heterocycles. The quantitative estimate of drug-likeness (QED) is 0.331. The summed E-state index contributed by atoms with van der Waals surface area (Å²) in [7, 11) is 0. The molecular weight excluding hydrogens is 254 g/mol. The molecule has 1 aromatic rings. The van der Waals surface area contributed by atoms with Gasteiger partial charge in [0.2, 0.25) is 5.91 Å². The standard InChI is InChI=1S/C10H19N5O4/c11-8(9(12)19)2-1-7-3-15(14-13-7)10(4-16,5-17)6-18/h3,8,16-18H,1-2,4-6,11H2,(H2,12,19)/t8-/m1/s1. The second-order valence-corrected chi connectivity index (χ2v) is 4.40. The summed E-state index contributed by atoms with van der Waals surface area (Å²) in [5.41, 5.74) is 9.75. The zero-order valence-electron chi connectivity index (χ0n) is 10.4. The average Bonchev–Trinajstić information content (AvgIpc) is 2.88. The van der Waals surface area contributed by atoms with Crippen molar-refractivity contribution in [3.63, 3.8) is 0 Å². The van der Waals surface area contributed by atoms with Crippen molar-refractivity contribution in [1.82, 2.24) is 15.0 Å². The Kier molecular flexibility index (Phi) is 5.36. The van der Waals surface area contributed by atoms with Gasteiger partial charge >= 0.3 is 0 Å². The highest BCUT2D eigenvalue weighted by Crippen LogP contribution is 2.14. The largest absolute Gasteiger partial charge is 0.394 e. The first kappa shape index (κ1) is 15.5. The van der Waals surface area contributed by atoms with E-state index in [4.69, 9.17) is 11.5 Å². The van der Waals surface area contributed by atoms with Crippen LogP contribution in [0.2, 0.25) is 0 Å². The number of aliphatic hydroxyl groups is 3. The third-order valence-corrected chi connectivity index (χ3v) is 2.99. The highest BCUT2D eigenvalue weighted by atomic mass is 16.3. The van der Waals surface area contributed by atoms with Crippen LogP contribution in [0.15, 0.2) is 6.20 Å². The van der Waals surface area contributed by atoms with Crippen molar-refractivity contribution in [1.29, 1.82) is 0 Å². The average molecular weight is 273 g/mol. The topological polar surface area (TPSA) is 161 Å². The molecule has 0 bridgehead atoms. The highest BCUT2D eigenvalue weighted by Gasteiger charge is 2.31. The molecule has 0 aliphatic carbocycles. The van der Waals surface area contributed by atoms with Crippen LogP contribution in [0.3, 0.4) is 0 Å². The molecule has 19 heavy (non-hydrogen) atoms. The van der Waals surface area contributed by atoms with Gasteiger partial charge in [0.1, 0.15) is 5.54 Å². The van der Waals surface area contributed by atoms with Gasteiger partial charge in [-0.25, -0.2) is 4.68 Å². The van der Waals surface area contributed by atoms with E-state index in [1.54, 1.807) is 0 Å². The number of rotatable bonds is 8. The molecule has 108 valence electrons. The Hall–Kier alpha value is -1.55. The highest BCUT2D eigenvalue weighted by molar-refractivity contribution is 5.79. The van der Waals surface area contributed by atoms with Crippen molar-refractivity contribution in [2.45, 2.75) is 24.4 Å². The van der Waals surface area contributed by atoms with E-state index >= 15 is 0 Å². The Morgan fingerprint density at radius 3 is 2.42 bits per heavy atom. The van der Waals surface area contributed by atoms with Crippen LogP contribution in [-0.4, -0.2) is 62.1 Å². The monoisotopic (exact) mass is 273 g/mol. The van der Waals surface area contributed by atoms with Gasteiger partial charge in [-0.2, -0.15) is 0 Å². The molecule has 0 radical (unpaired) electrons. The van der Waals surface area contributed by atoms with E-state index in [2.05, 4.69) is 10.3 Å². The van der Waals surface area contributed by atoms with Crippen LogP contribution < -0.4 is 11.5 Å². The van der Waals surface area contributed by atoms with E-state index in [1.165, 1.54) is 10.9 Å². The Labute approximate surface area is 109 Å². The molecule has 1 atom stereocenters. The van der Waals surface area contributed by atoms with Crippen molar-refractivity contribution >= 4 is 5.91 Å². The maximum atomic E-state index is 10.8. The smallest absolute Gasteiger partial charge is 0.234 e. The van der Waals surface area contributed by atoms with Gasteiger partial charge in [-0.3, -0.25) is 4.79 Å². The maximum absolute atomic E-state index is 10.8. The third kappa shape index (κ3) is 3.47. The molecule has 0 saturated carbocycles. The van der Waals surface area contributed by atoms with Crippen molar-refractivity contribution in [3.05, 3.63) is 11.9 Å². The van der Waals surface area contributed by atoms with E-state index in [0.717, 1.165) is 0 Å².